The van der Waals surface area contributed by atoms with Crippen LogP contribution in [-0.4, -0.2) is 46.7 Å². The first kappa shape index (κ1) is 24.0. The van der Waals surface area contributed by atoms with Crippen molar-refractivity contribution in [3.05, 3.63) is 71.9 Å². The second kappa shape index (κ2) is 10.8. The molecule has 0 atom stereocenters. The van der Waals surface area contributed by atoms with Gasteiger partial charge in [0.05, 0.1) is 24.3 Å². The lowest BCUT2D eigenvalue weighted by Crippen LogP contribution is -2.18. The Labute approximate surface area is 192 Å². The van der Waals surface area contributed by atoms with Gasteiger partial charge >= 0.3 is 0 Å². The molecule has 3 rings (SSSR count). The smallest absolute Gasteiger partial charge is 0.262 e. The summed E-state index contributed by atoms with van der Waals surface area (Å²) in [4.78, 5) is 17.0. The second-order valence-electron chi connectivity index (χ2n) is 6.94. The van der Waals surface area contributed by atoms with Crippen molar-refractivity contribution in [1.29, 1.82) is 0 Å². The van der Waals surface area contributed by atoms with Gasteiger partial charge in [0, 0.05) is 18.9 Å². The lowest BCUT2D eigenvalue weighted by Gasteiger charge is -2.14. The largest absolute Gasteiger partial charge is 0.495 e. The van der Waals surface area contributed by atoms with Crippen LogP contribution in [-0.2, 0) is 14.8 Å². The number of aryl methyl sites for hydroxylation is 1. The molecule has 33 heavy (non-hydrogen) atoms. The van der Waals surface area contributed by atoms with Gasteiger partial charge in [-0.25, -0.2) is 13.4 Å². The summed E-state index contributed by atoms with van der Waals surface area (Å²) >= 11 is 0. The number of rotatable bonds is 10. The number of hydrogen-bond donors (Lipinski definition) is 2. The summed E-state index contributed by atoms with van der Waals surface area (Å²) in [6.45, 7) is 2.28. The van der Waals surface area contributed by atoms with E-state index in [-0.39, 0.29) is 22.9 Å². The maximum absolute atomic E-state index is 13.1. The number of ether oxygens (including phenoxy) is 3. The van der Waals surface area contributed by atoms with Crippen molar-refractivity contribution in [1.82, 2.24) is 4.98 Å². The van der Waals surface area contributed by atoms with Gasteiger partial charge in [-0.15, -0.1) is 0 Å². The van der Waals surface area contributed by atoms with E-state index in [4.69, 9.17) is 14.2 Å². The molecule has 3 aromatic rings. The molecule has 1 amide bonds. The molecular formula is C23H25N3O6S. The van der Waals surface area contributed by atoms with Gasteiger partial charge in [0.15, 0.2) is 0 Å². The lowest BCUT2D eigenvalue weighted by molar-refractivity contribution is 0.102. The first-order valence-corrected chi connectivity index (χ1v) is 11.5. The molecule has 1 heterocycles. The molecule has 0 radical (unpaired) electrons. The monoisotopic (exact) mass is 471 g/mol. The van der Waals surface area contributed by atoms with Crippen LogP contribution in [0.5, 0.6) is 11.6 Å². The highest BCUT2D eigenvalue weighted by Gasteiger charge is 2.21. The Morgan fingerprint density at radius 3 is 2.52 bits per heavy atom. The number of methoxy groups -OCH3 is 2. The molecule has 0 fully saturated rings. The molecular weight excluding hydrogens is 446 g/mol. The number of amides is 1. The van der Waals surface area contributed by atoms with E-state index in [0.717, 1.165) is 0 Å². The van der Waals surface area contributed by atoms with Crippen LogP contribution in [0.15, 0.2) is 65.7 Å². The van der Waals surface area contributed by atoms with Gasteiger partial charge in [-0.05, 0) is 48.9 Å². The Bertz CT molecular complexity index is 1230. The summed E-state index contributed by atoms with van der Waals surface area (Å²) < 4.78 is 44.4. The average Bonchev–Trinajstić information content (AvgIpc) is 2.80. The van der Waals surface area contributed by atoms with E-state index in [1.54, 1.807) is 62.6 Å². The Kier molecular flexibility index (Phi) is 7.86. The Hall–Kier alpha value is -3.63. The first-order chi connectivity index (χ1) is 15.9. The Morgan fingerprint density at radius 1 is 1.00 bits per heavy atom. The fourth-order valence-electron chi connectivity index (χ4n) is 2.98. The van der Waals surface area contributed by atoms with Gasteiger partial charge in [-0.3, -0.25) is 9.52 Å². The number of nitrogens with zero attached hydrogens (tertiary/aromatic N) is 1. The summed E-state index contributed by atoms with van der Waals surface area (Å²) in [5.74, 6) is 0.110. The van der Waals surface area contributed by atoms with Crippen LogP contribution in [0.4, 0.5) is 11.4 Å². The molecule has 0 aliphatic rings. The standard InChI is InChI=1S/C23H25N3O6S/c1-16-10-11-17(22(27)25-19-8-6-12-24-23(19)32-14-13-30-2)15-21(16)33(28,29)26-18-7-4-5-9-20(18)31-3/h4-12,15,26H,13-14H2,1-3H3,(H,25,27). The van der Waals surface area contributed by atoms with Crippen molar-refractivity contribution in [3.63, 3.8) is 0 Å². The van der Waals surface area contributed by atoms with Crippen molar-refractivity contribution in [2.45, 2.75) is 11.8 Å². The van der Waals surface area contributed by atoms with Crippen molar-refractivity contribution in [3.8, 4) is 11.6 Å². The van der Waals surface area contributed by atoms with Crippen LogP contribution in [0.2, 0.25) is 0 Å². The van der Waals surface area contributed by atoms with E-state index in [1.165, 1.54) is 19.4 Å². The third-order valence-electron chi connectivity index (χ3n) is 4.64. The van der Waals surface area contributed by atoms with E-state index < -0.39 is 15.9 Å². The zero-order valence-corrected chi connectivity index (χ0v) is 19.3. The maximum atomic E-state index is 13.1. The number of para-hydroxylation sites is 2. The van der Waals surface area contributed by atoms with Crippen molar-refractivity contribution in [2.75, 3.05) is 37.5 Å². The lowest BCUT2D eigenvalue weighted by atomic mass is 10.1. The van der Waals surface area contributed by atoms with Crippen LogP contribution >= 0.6 is 0 Å². The van der Waals surface area contributed by atoms with E-state index in [0.29, 0.717) is 29.3 Å². The summed E-state index contributed by atoms with van der Waals surface area (Å²) in [6.07, 6.45) is 1.54. The van der Waals surface area contributed by atoms with Gasteiger partial charge in [-0.1, -0.05) is 18.2 Å². The minimum atomic E-state index is -3.99. The zero-order chi connectivity index (χ0) is 23.8. The molecule has 0 saturated carbocycles. The molecule has 2 N–H and O–H groups in total. The normalized spacial score (nSPS) is 11.0. The predicted molar refractivity (Wildman–Crippen MR) is 125 cm³/mol. The Balaban J connectivity index is 1.85. The van der Waals surface area contributed by atoms with Crippen molar-refractivity contribution < 1.29 is 27.4 Å². The van der Waals surface area contributed by atoms with Gasteiger partial charge in [-0.2, -0.15) is 0 Å². The molecule has 0 saturated heterocycles. The maximum Gasteiger partial charge on any atom is 0.262 e. The number of benzene rings is 2. The van der Waals surface area contributed by atoms with Gasteiger partial charge < -0.3 is 19.5 Å². The minimum Gasteiger partial charge on any atom is -0.495 e. The molecule has 0 aliphatic carbocycles. The number of carbonyl (C=O) groups excluding carboxylic acids is 1. The minimum absolute atomic E-state index is 0.0242. The number of anilines is 2. The Morgan fingerprint density at radius 2 is 1.76 bits per heavy atom. The number of aromatic nitrogens is 1. The summed E-state index contributed by atoms with van der Waals surface area (Å²) in [5.41, 5.74) is 1.30. The molecule has 0 spiro atoms. The first-order valence-electron chi connectivity index (χ1n) is 10.0. The molecule has 9 nitrogen and oxygen atoms in total. The average molecular weight is 472 g/mol. The zero-order valence-electron chi connectivity index (χ0n) is 18.5. The summed E-state index contributed by atoms with van der Waals surface area (Å²) in [6, 6.07) is 14.4. The fourth-order valence-corrected chi connectivity index (χ4v) is 4.32. The molecule has 0 aliphatic heterocycles. The highest BCUT2D eigenvalue weighted by atomic mass is 32.2. The molecule has 10 heteroatoms. The van der Waals surface area contributed by atoms with Crippen molar-refractivity contribution >= 4 is 27.3 Å². The topological polar surface area (TPSA) is 116 Å². The quantitative estimate of drug-likeness (QED) is 0.435. The van der Waals surface area contributed by atoms with Gasteiger partial charge in [0.2, 0.25) is 5.88 Å². The number of pyridine rings is 1. The third-order valence-corrected chi connectivity index (χ3v) is 6.14. The van der Waals surface area contributed by atoms with E-state index in [1.807, 2.05) is 0 Å². The van der Waals surface area contributed by atoms with Crippen LogP contribution in [0.1, 0.15) is 15.9 Å². The predicted octanol–water partition coefficient (Wildman–Crippen LogP) is 3.48. The SMILES string of the molecule is COCCOc1ncccc1NC(=O)c1ccc(C)c(S(=O)(=O)Nc2ccccc2OC)c1. The fraction of sp³-hybridized carbons (Fsp3) is 0.217. The number of nitrogens with one attached hydrogen (secondary N) is 2. The van der Waals surface area contributed by atoms with Crippen molar-refractivity contribution in [2.24, 2.45) is 0 Å². The second-order valence-corrected chi connectivity index (χ2v) is 8.59. The molecule has 174 valence electrons. The van der Waals surface area contributed by atoms with Gasteiger partial charge in [0.25, 0.3) is 15.9 Å². The molecule has 2 aromatic carbocycles. The van der Waals surface area contributed by atoms with E-state index in [9.17, 15) is 13.2 Å². The molecule has 1 aromatic heterocycles. The highest BCUT2D eigenvalue weighted by Crippen LogP contribution is 2.28. The van der Waals surface area contributed by atoms with Gasteiger partial charge in [0.1, 0.15) is 18.0 Å². The van der Waals surface area contributed by atoms with E-state index in [2.05, 4.69) is 15.0 Å². The number of sulfonamides is 1. The third kappa shape index (κ3) is 5.99. The van der Waals surface area contributed by atoms with Crippen LogP contribution in [0.3, 0.4) is 0 Å². The summed E-state index contributed by atoms with van der Waals surface area (Å²) in [7, 11) is -0.984. The molecule has 0 unspecified atom stereocenters. The van der Waals surface area contributed by atoms with E-state index >= 15 is 0 Å². The van der Waals surface area contributed by atoms with Crippen LogP contribution in [0.25, 0.3) is 0 Å². The van der Waals surface area contributed by atoms with Crippen LogP contribution < -0.4 is 19.5 Å². The number of hydrogen-bond acceptors (Lipinski definition) is 7. The van der Waals surface area contributed by atoms with Crippen LogP contribution in [0, 0.1) is 6.92 Å². The summed E-state index contributed by atoms with van der Waals surface area (Å²) in [5, 5.41) is 2.72. The molecule has 0 bridgehead atoms. The highest BCUT2D eigenvalue weighted by molar-refractivity contribution is 7.92. The number of carbonyl (C=O) groups is 1.